The van der Waals surface area contributed by atoms with Gasteiger partial charge in [0.05, 0.1) is 0 Å². The monoisotopic (exact) mass is 293 g/mol. The Kier molecular flexibility index (Phi) is 6.19. The smallest absolute Gasteiger partial charge is 0.326 e. The number of nitrogens with one attached hydrogen (secondary N) is 2. The molecule has 7 nitrogen and oxygen atoms in total. The van der Waals surface area contributed by atoms with E-state index in [1.54, 1.807) is 24.3 Å². The number of primary amides is 1. The first-order chi connectivity index (χ1) is 9.93. The Bertz CT molecular complexity index is 513. The van der Waals surface area contributed by atoms with Crippen LogP contribution in [0, 0.1) is 0 Å². The number of rotatable bonds is 7. The van der Waals surface area contributed by atoms with Crippen molar-refractivity contribution < 1.29 is 19.5 Å². The summed E-state index contributed by atoms with van der Waals surface area (Å²) in [5.74, 6) is -1.49. The molecule has 21 heavy (non-hydrogen) atoms. The number of urea groups is 1. The summed E-state index contributed by atoms with van der Waals surface area (Å²) >= 11 is 0. The predicted octanol–water partition coefficient (Wildman–Crippen LogP) is 0.838. The van der Waals surface area contributed by atoms with Crippen LogP contribution in [0.25, 0.3) is 0 Å². The average molecular weight is 293 g/mol. The van der Waals surface area contributed by atoms with Crippen LogP contribution in [0.5, 0.6) is 0 Å². The van der Waals surface area contributed by atoms with Crippen molar-refractivity contribution in [3.8, 4) is 0 Å². The van der Waals surface area contributed by atoms with E-state index in [9.17, 15) is 14.4 Å². The number of carboxylic acids is 1. The first kappa shape index (κ1) is 16.5. The Labute approximate surface area is 122 Å². The maximum atomic E-state index is 11.9. The molecular weight excluding hydrogens is 274 g/mol. The Morgan fingerprint density at radius 3 is 2.33 bits per heavy atom. The standard InChI is InChI=1S/C14H19N3O4/c1-2-3-11(13(19)20)17-12(18)10-6-4-9(5-7-10)8-16-14(15)21/h4-7,11H,2-3,8H2,1H3,(H,17,18)(H,19,20)(H3,15,16,21)/t11-/m1/s1. The molecule has 0 aromatic heterocycles. The van der Waals surface area contributed by atoms with E-state index in [-0.39, 0.29) is 6.54 Å². The van der Waals surface area contributed by atoms with Gasteiger partial charge in [-0.15, -0.1) is 0 Å². The number of hydrogen-bond donors (Lipinski definition) is 4. The fourth-order valence-electron chi connectivity index (χ4n) is 1.75. The molecule has 0 bridgehead atoms. The largest absolute Gasteiger partial charge is 0.480 e. The molecule has 0 aliphatic rings. The Balaban J connectivity index is 2.65. The molecule has 1 aromatic rings. The lowest BCUT2D eigenvalue weighted by atomic mass is 10.1. The minimum atomic E-state index is -1.05. The molecule has 0 spiro atoms. The fraction of sp³-hybridized carbons (Fsp3) is 0.357. The van der Waals surface area contributed by atoms with E-state index in [0.29, 0.717) is 18.4 Å². The zero-order valence-electron chi connectivity index (χ0n) is 11.8. The van der Waals surface area contributed by atoms with Crippen molar-refractivity contribution in [1.29, 1.82) is 0 Å². The lowest BCUT2D eigenvalue weighted by molar-refractivity contribution is -0.139. The van der Waals surface area contributed by atoms with Gasteiger partial charge in [-0.25, -0.2) is 9.59 Å². The summed E-state index contributed by atoms with van der Waals surface area (Å²) in [5.41, 5.74) is 6.11. The first-order valence-corrected chi connectivity index (χ1v) is 6.60. The van der Waals surface area contributed by atoms with Crippen LogP contribution < -0.4 is 16.4 Å². The van der Waals surface area contributed by atoms with Gasteiger partial charge in [-0.1, -0.05) is 25.5 Å². The summed E-state index contributed by atoms with van der Waals surface area (Å²) in [6, 6.07) is 4.96. The molecule has 5 N–H and O–H groups in total. The molecule has 0 unspecified atom stereocenters. The van der Waals surface area contributed by atoms with E-state index < -0.39 is 23.9 Å². The van der Waals surface area contributed by atoms with E-state index in [4.69, 9.17) is 10.8 Å². The van der Waals surface area contributed by atoms with Gasteiger partial charge in [-0.3, -0.25) is 4.79 Å². The van der Waals surface area contributed by atoms with Gasteiger partial charge < -0.3 is 21.5 Å². The first-order valence-electron chi connectivity index (χ1n) is 6.60. The maximum absolute atomic E-state index is 11.9. The molecule has 7 heteroatoms. The molecule has 1 aromatic carbocycles. The minimum Gasteiger partial charge on any atom is -0.480 e. The van der Waals surface area contributed by atoms with Gasteiger partial charge in [-0.2, -0.15) is 0 Å². The quantitative estimate of drug-likeness (QED) is 0.595. The zero-order chi connectivity index (χ0) is 15.8. The Morgan fingerprint density at radius 2 is 1.86 bits per heavy atom. The summed E-state index contributed by atoms with van der Waals surface area (Å²) in [5, 5.41) is 13.9. The van der Waals surface area contributed by atoms with E-state index in [1.807, 2.05) is 6.92 Å². The van der Waals surface area contributed by atoms with E-state index in [1.165, 1.54) is 0 Å². The van der Waals surface area contributed by atoms with Crippen LogP contribution >= 0.6 is 0 Å². The third-order valence-corrected chi connectivity index (χ3v) is 2.86. The molecule has 3 amide bonds. The number of carbonyl (C=O) groups excluding carboxylic acids is 2. The molecule has 1 atom stereocenters. The van der Waals surface area contributed by atoms with Gasteiger partial charge in [0.25, 0.3) is 5.91 Å². The Hall–Kier alpha value is -2.57. The highest BCUT2D eigenvalue weighted by Crippen LogP contribution is 2.06. The van der Waals surface area contributed by atoms with Gasteiger partial charge in [0.1, 0.15) is 6.04 Å². The number of carboxylic acid groups (broad SMARTS) is 1. The molecule has 1 rings (SSSR count). The van der Waals surface area contributed by atoms with Gasteiger partial charge >= 0.3 is 12.0 Å². The van der Waals surface area contributed by atoms with Gasteiger partial charge in [0.2, 0.25) is 0 Å². The lowest BCUT2D eigenvalue weighted by Gasteiger charge is -2.13. The minimum absolute atomic E-state index is 0.269. The summed E-state index contributed by atoms with van der Waals surface area (Å²) in [6.07, 6.45) is 1.04. The second-order valence-corrected chi connectivity index (χ2v) is 4.57. The number of aliphatic carboxylic acids is 1. The maximum Gasteiger partial charge on any atom is 0.326 e. The van der Waals surface area contributed by atoms with Crippen LogP contribution in [0.1, 0.15) is 35.7 Å². The summed E-state index contributed by atoms with van der Waals surface area (Å²) in [6.45, 7) is 2.12. The van der Waals surface area contributed by atoms with Crippen molar-refractivity contribution in [2.45, 2.75) is 32.4 Å². The van der Waals surface area contributed by atoms with Crippen molar-refractivity contribution in [2.75, 3.05) is 0 Å². The molecular formula is C14H19N3O4. The molecule has 0 aliphatic carbocycles. The third kappa shape index (κ3) is 5.52. The number of benzene rings is 1. The van der Waals surface area contributed by atoms with Gasteiger partial charge in [-0.05, 0) is 24.1 Å². The topological polar surface area (TPSA) is 122 Å². The van der Waals surface area contributed by atoms with Crippen molar-refractivity contribution in [1.82, 2.24) is 10.6 Å². The van der Waals surface area contributed by atoms with Crippen molar-refractivity contribution >= 4 is 17.9 Å². The molecule has 0 saturated carbocycles. The lowest BCUT2D eigenvalue weighted by Crippen LogP contribution is -2.40. The highest BCUT2D eigenvalue weighted by Gasteiger charge is 2.19. The number of nitrogens with two attached hydrogens (primary N) is 1. The highest BCUT2D eigenvalue weighted by molar-refractivity contribution is 5.96. The molecule has 0 aliphatic heterocycles. The number of hydrogen-bond acceptors (Lipinski definition) is 3. The van der Waals surface area contributed by atoms with Crippen LogP contribution in [0.3, 0.4) is 0 Å². The van der Waals surface area contributed by atoms with Crippen LogP contribution in [0.2, 0.25) is 0 Å². The summed E-state index contributed by atoms with van der Waals surface area (Å²) < 4.78 is 0. The molecule has 0 heterocycles. The van der Waals surface area contributed by atoms with Crippen molar-refractivity contribution in [3.63, 3.8) is 0 Å². The Morgan fingerprint density at radius 1 is 1.24 bits per heavy atom. The third-order valence-electron chi connectivity index (χ3n) is 2.86. The SMILES string of the molecule is CCC[C@@H](NC(=O)c1ccc(CNC(N)=O)cc1)C(=O)O. The van der Waals surface area contributed by atoms with Crippen LogP contribution in [0.4, 0.5) is 4.79 Å². The van der Waals surface area contributed by atoms with E-state index >= 15 is 0 Å². The molecule has 0 radical (unpaired) electrons. The molecule has 114 valence electrons. The van der Waals surface area contributed by atoms with Crippen LogP contribution in [0.15, 0.2) is 24.3 Å². The van der Waals surface area contributed by atoms with Crippen molar-refractivity contribution in [3.05, 3.63) is 35.4 Å². The van der Waals surface area contributed by atoms with Gasteiger partial charge in [0, 0.05) is 12.1 Å². The number of amides is 3. The van der Waals surface area contributed by atoms with Crippen LogP contribution in [-0.2, 0) is 11.3 Å². The van der Waals surface area contributed by atoms with E-state index in [2.05, 4.69) is 10.6 Å². The molecule has 0 fully saturated rings. The van der Waals surface area contributed by atoms with Gasteiger partial charge in [0.15, 0.2) is 0 Å². The highest BCUT2D eigenvalue weighted by atomic mass is 16.4. The van der Waals surface area contributed by atoms with E-state index in [0.717, 1.165) is 5.56 Å². The number of carbonyl (C=O) groups is 3. The van der Waals surface area contributed by atoms with Crippen molar-refractivity contribution in [2.24, 2.45) is 5.73 Å². The molecule has 0 saturated heterocycles. The predicted molar refractivity (Wildman–Crippen MR) is 76.7 cm³/mol. The second-order valence-electron chi connectivity index (χ2n) is 4.57. The normalized spacial score (nSPS) is 11.5. The fourth-order valence-corrected chi connectivity index (χ4v) is 1.75. The van der Waals surface area contributed by atoms with Crippen LogP contribution in [-0.4, -0.2) is 29.1 Å². The summed E-state index contributed by atoms with van der Waals surface area (Å²) in [4.78, 5) is 33.5. The average Bonchev–Trinajstić information content (AvgIpc) is 2.45. The summed E-state index contributed by atoms with van der Waals surface area (Å²) in [7, 11) is 0. The second kappa shape index (κ2) is 7.88. The zero-order valence-corrected chi connectivity index (χ0v) is 11.8.